The van der Waals surface area contributed by atoms with Crippen molar-refractivity contribution >= 4 is 0 Å². The third-order valence-corrected chi connectivity index (χ3v) is 4.14. The first-order chi connectivity index (χ1) is 10.4. The third kappa shape index (κ3) is 9.67. The van der Waals surface area contributed by atoms with Crippen LogP contribution in [0.2, 0.25) is 0 Å². The lowest BCUT2D eigenvalue weighted by Gasteiger charge is -2.01. The van der Waals surface area contributed by atoms with Gasteiger partial charge in [-0.05, 0) is 25.8 Å². The van der Waals surface area contributed by atoms with Gasteiger partial charge in [-0.2, -0.15) is 0 Å². The number of nitrogens with zero attached hydrogens (tertiary/aromatic N) is 2. The zero-order valence-corrected chi connectivity index (χ0v) is 14.1. The van der Waals surface area contributed by atoms with Crippen molar-refractivity contribution in [3.8, 4) is 0 Å². The van der Waals surface area contributed by atoms with Crippen LogP contribution in [-0.4, -0.2) is 11.1 Å². The van der Waals surface area contributed by atoms with Crippen LogP contribution in [0.3, 0.4) is 0 Å². The first kappa shape index (κ1) is 18.2. The molecule has 0 atom stereocenters. The Kier molecular flexibility index (Phi) is 11.2. The maximum atomic E-state index is 5.54. The second-order valence-electron chi connectivity index (χ2n) is 6.21. The summed E-state index contributed by atoms with van der Waals surface area (Å²) in [6, 6.07) is 0. The van der Waals surface area contributed by atoms with E-state index in [1.165, 1.54) is 64.2 Å². The topological polar surface area (TPSA) is 34.8 Å². The highest BCUT2D eigenvalue weighted by atomic mass is 15.1. The zero-order valence-electron chi connectivity index (χ0n) is 14.1. The fourth-order valence-electron chi connectivity index (χ4n) is 2.76. The van der Waals surface area contributed by atoms with Crippen LogP contribution in [0.1, 0.15) is 77.6 Å². The van der Waals surface area contributed by atoms with Gasteiger partial charge in [-0.25, -0.2) is 9.13 Å². The molecule has 0 spiro atoms. The Morgan fingerprint density at radius 3 is 2.10 bits per heavy atom. The average molecular weight is 295 g/mol. The smallest absolute Gasteiger partial charge is 0.243 e. The van der Waals surface area contributed by atoms with Crippen LogP contribution in [0.4, 0.5) is 0 Å². The van der Waals surface area contributed by atoms with Gasteiger partial charge in [-0.1, -0.05) is 58.3 Å². The number of aryl methyl sites for hydroxylation is 2. The van der Waals surface area contributed by atoms with Gasteiger partial charge in [0.1, 0.15) is 12.4 Å². The van der Waals surface area contributed by atoms with E-state index in [2.05, 4.69) is 34.8 Å². The summed E-state index contributed by atoms with van der Waals surface area (Å²) < 4.78 is 4.55. The van der Waals surface area contributed by atoms with Crippen molar-refractivity contribution < 1.29 is 4.57 Å². The molecule has 3 heteroatoms. The van der Waals surface area contributed by atoms with Gasteiger partial charge in [0.2, 0.25) is 6.33 Å². The molecule has 0 unspecified atom stereocenters. The Labute approximate surface area is 131 Å². The van der Waals surface area contributed by atoms with Crippen LogP contribution in [0.15, 0.2) is 18.7 Å². The van der Waals surface area contributed by atoms with Crippen molar-refractivity contribution in [3.05, 3.63) is 18.7 Å². The number of nitrogens with two attached hydrogens (primary N) is 1. The molecular formula is C18H36N3+. The molecule has 0 bridgehead atoms. The van der Waals surface area contributed by atoms with Crippen molar-refractivity contribution in [1.29, 1.82) is 0 Å². The molecule has 0 aromatic carbocycles. The van der Waals surface area contributed by atoms with Gasteiger partial charge in [0, 0.05) is 0 Å². The molecule has 2 N–H and O–H groups in total. The fourth-order valence-corrected chi connectivity index (χ4v) is 2.76. The number of imidazole rings is 1. The SMILES string of the molecule is CCCCCCCCCCCCn1cc[n+](CCCN)c1. The van der Waals surface area contributed by atoms with E-state index in [-0.39, 0.29) is 0 Å². The second kappa shape index (κ2) is 12.9. The molecule has 0 fully saturated rings. The van der Waals surface area contributed by atoms with Gasteiger partial charge in [0.15, 0.2) is 0 Å². The lowest BCUT2D eigenvalue weighted by Crippen LogP contribution is -2.32. The highest BCUT2D eigenvalue weighted by molar-refractivity contribution is 4.66. The van der Waals surface area contributed by atoms with E-state index in [0.29, 0.717) is 0 Å². The average Bonchev–Trinajstić information content (AvgIpc) is 2.95. The number of rotatable bonds is 14. The van der Waals surface area contributed by atoms with E-state index in [9.17, 15) is 0 Å². The molecule has 21 heavy (non-hydrogen) atoms. The molecule has 0 saturated heterocycles. The Balaban J connectivity index is 1.91. The lowest BCUT2D eigenvalue weighted by molar-refractivity contribution is -0.696. The second-order valence-corrected chi connectivity index (χ2v) is 6.21. The van der Waals surface area contributed by atoms with Crippen LogP contribution in [0, 0.1) is 0 Å². The normalized spacial score (nSPS) is 11.1. The Morgan fingerprint density at radius 2 is 1.48 bits per heavy atom. The number of unbranched alkanes of at least 4 members (excludes halogenated alkanes) is 9. The quantitative estimate of drug-likeness (QED) is 0.408. The van der Waals surface area contributed by atoms with Crippen LogP contribution in [-0.2, 0) is 13.1 Å². The summed E-state index contributed by atoms with van der Waals surface area (Å²) >= 11 is 0. The molecule has 122 valence electrons. The molecule has 0 aliphatic rings. The van der Waals surface area contributed by atoms with E-state index in [1.54, 1.807) is 0 Å². The number of aromatic nitrogens is 2. The minimum absolute atomic E-state index is 0.774. The predicted molar refractivity (Wildman–Crippen MR) is 90.1 cm³/mol. The van der Waals surface area contributed by atoms with E-state index in [0.717, 1.165) is 26.1 Å². The monoisotopic (exact) mass is 294 g/mol. The Morgan fingerprint density at radius 1 is 0.857 bits per heavy atom. The van der Waals surface area contributed by atoms with Crippen LogP contribution >= 0.6 is 0 Å². The largest absolute Gasteiger partial charge is 0.330 e. The summed E-state index contributed by atoms with van der Waals surface area (Å²) in [5.74, 6) is 0. The minimum Gasteiger partial charge on any atom is -0.330 e. The van der Waals surface area contributed by atoms with Crippen molar-refractivity contribution in [2.24, 2.45) is 5.73 Å². The van der Waals surface area contributed by atoms with Gasteiger partial charge in [0.05, 0.1) is 13.1 Å². The van der Waals surface area contributed by atoms with E-state index >= 15 is 0 Å². The third-order valence-electron chi connectivity index (χ3n) is 4.14. The molecule has 3 nitrogen and oxygen atoms in total. The summed E-state index contributed by atoms with van der Waals surface area (Å²) in [7, 11) is 0. The minimum atomic E-state index is 0.774. The Bertz CT molecular complexity index is 333. The summed E-state index contributed by atoms with van der Waals surface area (Å²) in [5.41, 5.74) is 5.54. The number of hydrogen-bond donors (Lipinski definition) is 1. The van der Waals surface area contributed by atoms with E-state index < -0.39 is 0 Å². The van der Waals surface area contributed by atoms with E-state index in [1.807, 2.05) is 0 Å². The molecule has 0 amide bonds. The van der Waals surface area contributed by atoms with Gasteiger partial charge < -0.3 is 5.73 Å². The first-order valence-corrected chi connectivity index (χ1v) is 9.11. The van der Waals surface area contributed by atoms with Crippen molar-refractivity contribution in [1.82, 2.24) is 4.57 Å². The molecular weight excluding hydrogens is 258 g/mol. The molecule has 0 radical (unpaired) electrons. The van der Waals surface area contributed by atoms with Gasteiger partial charge in [0.25, 0.3) is 0 Å². The van der Waals surface area contributed by atoms with Gasteiger partial charge in [-0.15, -0.1) is 0 Å². The van der Waals surface area contributed by atoms with Crippen LogP contribution in [0.25, 0.3) is 0 Å². The summed E-state index contributed by atoms with van der Waals surface area (Å²) in [5, 5.41) is 0. The lowest BCUT2D eigenvalue weighted by atomic mass is 10.1. The molecule has 0 aliphatic carbocycles. The highest BCUT2D eigenvalue weighted by Gasteiger charge is 2.02. The van der Waals surface area contributed by atoms with Crippen molar-refractivity contribution in [2.45, 2.75) is 90.6 Å². The molecule has 0 aliphatic heterocycles. The number of hydrogen-bond acceptors (Lipinski definition) is 1. The fraction of sp³-hybridized carbons (Fsp3) is 0.833. The molecule has 1 aromatic rings. The molecule has 0 saturated carbocycles. The van der Waals surface area contributed by atoms with Crippen molar-refractivity contribution in [3.63, 3.8) is 0 Å². The summed E-state index contributed by atoms with van der Waals surface area (Å²) in [6.07, 6.45) is 21.7. The highest BCUT2D eigenvalue weighted by Crippen LogP contribution is 2.10. The first-order valence-electron chi connectivity index (χ1n) is 9.11. The summed E-state index contributed by atoms with van der Waals surface area (Å²) in [6.45, 7) is 5.26. The summed E-state index contributed by atoms with van der Waals surface area (Å²) in [4.78, 5) is 0. The van der Waals surface area contributed by atoms with Gasteiger partial charge in [-0.3, -0.25) is 0 Å². The predicted octanol–water partition coefficient (Wildman–Crippen LogP) is 4.05. The molecule has 1 heterocycles. The van der Waals surface area contributed by atoms with Crippen molar-refractivity contribution in [2.75, 3.05) is 6.54 Å². The molecule has 1 aromatic heterocycles. The standard InChI is InChI=1S/C18H36N3/c1-2-3-4-5-6-7-8-9-10-11-14-20-16-17-21(18-20)15-12-13-19/h16-18H,2-15,19H2,1H3/q+1. The van der Waals surface area contributed by atoms with E-state index in [4.69, 9.17) is 5.73 Å². The Hall–Kier alpha value is -0.830. The zero-order chi connectivity index (χ0) is 15.2. The maximum Gasteiger partial charge on any atom is 0.243 e. The van der Waals surface area contributed by atoms with Gasteiger partial charge >= 0.3 is 0 Å². The maximum absolute atomic E-state index is 5.54. The van der Waals surface area contributed by atoms with Crippen LogP contribution < -0.4 is 10.3 Å². The van der Waals surface area contributed by atoms with Crippen LogP contribution in [0.5, 0.6) is 0 Å². The molecule has 1 rings (SSSR count).